The topological polar surface area (TPSA) is 29.1 Å². The minimum Gasteiger partial charge on any atom is -0.322 e. The van der Waals surface area contributed by atoms with Crippen LogP contribution >= 0.6 is 0 Å². The summed E-state index contributed by atoms with van der Waals surface area (Å²) in [7, 11) is 0. The van der Waals surface area contributed by atoms with Gasteiger partial charge in [0.2, 0.25) is 0 Å². The van der Waals surface area contributed by atoms with Crippen molar-refractivity contribution in [3.05, 3.63) is 52.7 Å². The van der Waals surface area contributed by atoms with Gasteiger partial charge in [-0.2, -0.15) is 0 Å². The first-order valence-corrected chi connectivity index (χ1v) is 6.06. The Morgan fingerprint density at radius 3 is 2.29 bits per heavy atom. The Bertz CT molecular complexity index is 483. The summed E-state index contributed by atoms with van der Waals surface area (Å²) in [4.78, 5) is 11.8. The molecule has 1 heterocycles. The van der Waals surface area contributed by atoms with Crippen molar-refractivity contribution in [2.24, 2.45) is 0 Å². The van der Waals surface area contributed by atoms with Gasteiger partial charge in [0.05, 0.1) is 0 Å². The van der Waals surface area contributed by atoms with Crippen molar-refractivity contribution in [3.63, 3.8) is 0 Å². The Labute approximate surface area is 102 Å². The highest BCUT2D eigenvalue weighted by Gasteiger charge is 2.23. The maximum atomic E-state index is 11.8. The Kier molecular flexibility index (Phi) is 3.43. The second kappa shape index (κ2) is 5.00. The highest BCUT2D eigenvalue weighted by molar-refractivity contribution is 6.01. The smallest absolute Gasteiger partial charge is 0.251 e. The van der Waals surface area contributed by atoms with Gasteiger partial charge in [0.15, 0.2) is 0 Å². The minimum absolute atomic E-state index is 0.0616. The van der Waals surface area contributed by atoms with Crippen LogP contribution in [0.4, 0.5) is 0 Å². The van der Waals surface area contributed by atoms with Crippen LogP contribution in [0.1, 0.15) is 32.3 Å². The molecule has 1 N–H and O–H groups in total. The summed E-state index contributed by atoms with van der Waals surface area (Å²) < 4.78 is 0. The molecule has 1 aromatic rings. The van der Waals surface area contributed by atoms with E-state index in [1.807, 2.05) is 43.3 Å². The number of carbonyl (C=O) groups is 1. The first-order chi connectivity index (χ1) is 8.26. The molecule has 1 amide bonds. The Morgan fingerprint density at radius 2 is 1.71 bits per heavy atom. The molecule has 1 aliphatic rings. The number of nitrogens with one attached hydrogen (secondary N) is 1. The molecule has 0 saturated carbocycles. The predicted molar refractivity (Wildman–Crippen MR) is 70.2 cm³/mol. The van der Waals surface area contributed by atoms with E-state index in [1.54, 1.807) is 0 Å². The number of hydrogen-bond donors (Lipinski definition) is 1. The summed E-state index contributed by atoms with van der Waals surface area (Å²) in [5, 5.41) is 2.95. The normalized spacial score (nSPS) is 17.8. The van der Waals surface area contributed by atoms with Gasteiger partial charge in [-0.15, -0.1) is 0 Å². The lowest BCUT2D eigenvalue weighted by Crippen LogP contribution is -2.16. The van der Waals surface area contributed by atoms with Gasteiger partial charge in [-0.1, -0.05) is 44.2 Å². The molecule has 0 atom stereocenters. The second-order valence-electron chi connectivity index (χ2n) is 4.09. The van der Waals surface area contributed by atoms with Crippen LogP contribution in [0.5, 0.6) is 0 Å². The summed E-state index contributed by atoms with van der Waals surface area (Å²) in [5.41, 5.74) is 4.16. The van der Waals surface area contributed by atoms with E-state index >= 15 is 0 Å². The van der Waals surface area contributed by atoms with Crippen molar-refractivity contribution in [2.45, 2.75) is 26.7 Å². The van der Waals surface area contributed by atoms with Crippen LogP contribution in [-0.2, 0) is 4.79 Å². The van der Waals surface area contributed by atoms with Crippen molar-refractivity contribution in [1.82, 2.24) is 5.32 Å². The lowest BCUT2D eigenvalue weighted by atomic mass is 10.0. The summed E-state index contributed by atoms with van der Waals surface area (Å²) in [5.74, 6) is 0.0616. The van der Waals surface area contributed by atoms with Crippen molar-refractivity contribution >= 4 is 12.0 Å². The molecular weight excluding hydrogens is 210 g/mol. The fourth-order valence-electron chi connectivity index (χ4n) is 2.19. The fraction of sp³-hybridized carbons (Fsp3) is 0.267. The minimum atomic E-state index is 0.0616. The van der Waals surface area contributed by atoms with E-state index in [0.29, 0.717) is 0 Å². The van der Waals surface area contributed by atoms with Crippen LogP contribution in [0.15, 0.2) is 47.2 Å². The number of benzene rings is 1. The number of allylic oxidation sites excluding steroid dienone is 1. The zero-order valence-electron chi connectivity index (χ0n) is 10.3. The van der Waals surface area contributed by atoms with Crippen LogP contribution in [0.3, 0.4) is 0 Å². The molecule has 0 radical (unpaired) electrons. The highest BCUT2D eigenvalue weighted by atomic mass is 16.1. The van der Waals surface area contributed by atoms with E-state index < -0.39 is 0 Å². The van der Waals surface area contributed by atoms with Gasteiger partial charge in [-0.25, -0.2) is 0 Å². The molecule has 1 aliphatic heterocycles. The first-order valence-electron chi connectivity index (χ1n) is 6.06. The predicted octanol–water partition coefficient (Wildman–Crippen LogP) is 3.27. The number of rotatable bonds is 3. The summed E-state index contributed by atoms with van der Waals surface area (Å²) in [6.07, 6.45) is 3.72. The van der Waals surface area contributed by atoms with Crippen molar-refractivity contribution in [1.29, 1.82) is 0 Å². The molecule has 0 fully saturated rings. The van der Waals surface area contributed by atoms with Gasteiger partial charge in [0.1, 0.15) is 0 Å². The van der Waals surface area contributed by atoms with Crippen LogP contribution in [-0.4, -0.2) is 5.91 Å². The standard InChI is InChI=1S/C15H17NO/c1-3-12-13(4-2)15(17)16-14(12)10-11-8-6-5-7-9-11/h5-10H,3-4H2,1-2H3,(H,16,17)/b14-10-. The van der Waals surface area contributed by atoms with Gasteiger partial charge in [-0.3, -0.25) is 4.79 Å². The maximum Gasteiger partial charge on any atom is 0.251 e. The zero-order valence-corrected chi connectivity index (χ0v) is 10.3. The van der Waals surface area contributed by atoms with E-state index in [0.717, 1.165) is 35.2 Å². The average molecular weight is 227 g/mol. The molecule has 2 nitrogen and oxygen atoms in total. The third kappa shape index (κ3) is 2.31. The molecule has 0 unspecified atom stereocenters. The van der Waals surface area contributed by atoms with E-state index in [4.69, 9.17) is 0 Å². The van der Waals surface area contributed by atoms with Crippen molar-refractivity contribution in [2.75, 3.05) is 0 Å². The molecule has 0 bridgehead atoms. The molecule has 1 aromatic carbocycles. The lowest BCUT2D eigenvalue weighted by molar-refractivity contribution is -0.116. The molecule has 0 aromatic heterocycles. The third-order valence-corrected chi connectivity index (χ3v) is 3.03. The largest absolute Gasteiger partial charge is 0.322 e. The highest BCUT2D eigenvalue weighted by Crippen LogP contribution is 2.27. The number of amides is 1. The molecule has 0 spiro atoms. The average Bonchev–Trinajstić information content (AvgIpc) is 2.65. The van der Waals surface area contributed by atoms with Gasteiger partial charge in [-0.05, 0) is 30.1 Å². The zero-order chi connectivity index (χ0) is 12.3. The Balaban J connectivity index is 2.38. The van der Waals surface area contributed by atoms with Gasteiger partial charge in [0.25, 0.3) is 5.91 Å². The van der Waals surface area contributed by atoms with Crippen LogP contribution in [0.25, 0.3) is 6.08 Å². The molecular formula is C15H17NO. The number of carbonyl (C=O) groups excluding carboxylic acids is 1. The van der Waals surface area contributed by atoms with E-state index in [9.17, 15) is 4.79 Å². The Morgan fingerprint density at radius 1 is 1.06 bits per heavy atom. The third-order valence-electron chi connectivity index (χ3n) is 3.03. The molecule has 0 aliphatic carbocycles. The van der Waals surface area contributed by atoms with E-state index in [1.165, 1.54) is 0 Å². The van der Waals surface area contributed by atoms with Crippen molar-refractivity contribution < 1.29 is 4.79 Å². The lowest BCUT2D eigenvalue weighted by Gasteiger charge is -2.03. The Hall–Kier alpha value is -1.83. The molecule has 88 valence electrons. The van der Waals surface area contributed by atoms with Gasteiger partial charge < -0.3 is 5.32 Å². The SMILES string of the molecule is CCC1=C(CC)/C(=C/c2ccccc2)NC1=O. The molecule has 2 heteroatoms. The molecule has 2 rings (SSSR count). The van der Waals surface area contributed by atoms with Crippen LogP contribution in [0.2, 0.25) is 0 Å². The molecule has 17 heavy (non-hydrogen) atoms. The van der Waals surface area contributed by atoms with Crippen molar-refractivity contribution in [3.8, 4) is 0 Å². The van der Waals surface area contributed by atoms with Gasteiger partial charge in [0, 0.05) is 11.3 Å². The maximum absolute atomic E-state index is 11.8. The quantitative estimate of drug-likeness (QED) is 0.843. The van der Waals surface area contributed by atoms with Crippen LogP contribution < -0.4 is 5.32 Å². The first kappa shape index (κ1) is 11.6. The fourth-order valence-corrected chi connectivity index (χ4v) is 2.19. The van der Waals surface area contributed by atoms with E-state index in [-0.39, 0.29) is 5.91 Å². The molecule has 0 saturated heterocycles. The number of hydrogen-bond acceptors (Lipinski definition) is 1. The van der Waals surface area contributed by atoms with Gasteiger partial charge >= 0.3 is 0 Å². The summed E-state index contributed by atoms with van der Waals surface area (Å²) in [6, 6.07) is 10.1. The summed E-state index contributed by atoms with van der Waals surface area (Å²) in [6.45, 7) is 4.11. The van der Waals surface area contributed by atoms with E-state index in [2.05, 4.69) is 12.2 Å². The monoisotopic (exact) mass is 227 g/mol. The second-order valence-corrected chi connectivity index (χ2v) is 4.09. The summed E-state index contributed by atoms with van der Waals surface area (Å²) >= 11 is 0. The van der Waals surface area contributed by atoms with Crippen LogP contribution in [0, 0.1) is 0 Å².